The van der Waals surface area contributed by atoms with Gasteiger partial charge >= 0.3 is 5.97 Å². The summed E-state index contributed by atoms with van der Waals surface area (Å²) in [5.41, 5.74) is 0. The van der Waals surface area contributed by atoms with E-state index in [2.05, 4.69) is 38.2 Å². The molecular weight excluding hydrogens is 743 g/mol. The molecule has 0 rings (SSSR count). The zero-order valence-corrected chi connectivity index (χ0v) is 39.6. The van der Waals surface area contributed by atoms with Crippen molar-refractivity contribution in [3.05, 3.63) is 60.8 Å². The molecule has 0 aromatic heterocycles. The number of aliphatic hydroxyl groups is 2. The van der Waals surface area contributed by atoms with Gasteiger partial charge in [0.25, 0.3) is 0 Å². The quantitative estimate of drug-likeness (QED) is 0.0322. The van der Waals surface area contributed by atoms with Gasteiger partial charge in [0.05, 0.1) is 25.2 Å². The Kier molecular flexibility index (Phi) is 45.7. The van der Waals surface area contributed by atoms with Gasteiger partial charge in [0.2, 0.25) is 5.91 Å². The van der Waals surface area contributed by atoms with Gasteiger partial charge in [0.1, 0.15) is 6.10 Å². The molecule has 3 atom stereocenters. The number of amides is 1. The van der Waals surface area contributed by atoms with Gasteiger partial charge in [-0.2, -0.15) is 0 Å². The standard InChI is InChI=1S/C54H97NO5/c1-4-7-10-13-16-19-22-24-25-26-27-28-30-32-35-38-41-44-47-54(59)60-50(45-42-39-36-33-31-29-23-20-17-14-11-8-5-2)48-53(58)55-51(49-56)52(57)46-43-40-37-34-21-18-15-12-9-6-3/h8,11,14,17,20,23,29,31,33,36,50-52,56-57H,4-7,9-10,12-13,15-16,18-19,21-22,24-28,30,32,34-35,37-49H2,1-3H3,(H,55,58)/b11-8+,17-14+,23-20-,31-29-,36-33+. The minimum Gasteiger partial charge on any atom is -0.462 e. The molecule has 6 heteroatoms. The SMILES string of the molecule is CC/C=C/C=C/C=C\C=C/C=C/CCCC(CC(=O)NC(CO)C(O)CCCCCCCCCCCC)OC(=O)CCCCCCCCCCCCCCCCCCCC. The predicted molar refractivity (Wildman–Crippen MR) is 259 cm³/mol. The second-order valence-corrected chi connectivity index (χ2v) is 17.3. The first-order chi connectivity index (χ1) is 29.5. The molecule has 3 N–H and O–H groups in total. The number of carbonyl (C=O) groups is 2. The van der Waals surface area contributed by atoms with Crippen molar-refractivity contribution in [2.45, 2.75) is 264 Å². The topological polar surface area (TPSA) is 95.9 Å². The predicted octanol–water partition coefficient (Wildman–Crippen LogP) is 15.2. The Bertz CT molecular complexity index is 1080. The maximum Gasteiger partial charge on any atom is 0.306 e. The molecule has 0 bridgehead atoms. The number of ether oxygens (including phenoxy) is 1. The third-order valence-corrected chi connectivity index (χ3v) is 11.5. The third kappa shape index (κ3) is 42.3. The van der Waals surface area contributed by atoms with Gasteiger partial charge in [0, 0.05) is 6.42 Å². The maximum atomic E-state index is 13.2. The number of hydrogen-bond donors (Lipinski definition) is 3. The highest BCUT2D eigenvalue weighted by Gasteiger charge is 2.24. The fraction of sp³-hybridized carbons (Fsp3) is 0.778. The van der Waals surface area contributed by atoms with E-state index in [4.69, 9.17) is 4.74 Å². The summed E-state index contributed by atoms with van der Waals surface area (Å²) in [6.45, 7) is 6.31. The van der Waals surface area contributed by atoms with E-state index in [1.54, 1.807) is 0 Å². The molecule has 0 aliphatic rings. The second kappa shape index (κ2) is 47.6. The van der Waals surface area contributed by atoms with E-state index in [9.17, 15) is 19.8 Å². The molecule has 3 unspecified atom stereocenters. The fourth-order valence-electron chi connectivity index (χ4n) is 7.63. The molecule has 0 saturated carbocycles. The summed E-state index contributed by atoms with van der Waals surface area (Å²) in [6.07, 6.45) is 58.7. The van der Waals surface area contributed by atoms with Crippen LogP contribution in [0.1, 0.15) is 245 Å². The normalized spacial score (nSPS) is 13.8. The molecule has 1 amide bonds. The number of esters is 1. The lowest BCUT2D eigenvalue weighted by atomic mass is 10.0. The number of hydrogen-bond acceptors (Lipinski definition) is 5. The monoisotopic (exact) mass is 840 g/mol. The highest BCUT2D eigenvalue weighted by atomic mass is 16.5. The Morgan fingerprint density at radius 3 is 1.33 bits per heavy atom. The van der Waals surface area contributed by atoms with Crippen LogP contribution in [0.3, 0.4) is 0 Å². The molecule has 6 nitrogen and oxygen atoms in total. The molecular formula is C54H97NO5. The van der Waals surface area contributed by atoms with Crippen molar-refractivity contribution in [3.8, 4) is 0 Å². The first-order valence-corrected chi connectivity index (χ1v) is 25.6. The first-order valence-electron chi connectivity index (χ1n) is 25.6. The maximum absolute atomic E-state index is 13.2. The van der Waals surface area contributed by atoms with Crippen LogP contribution in [0.5, 0.6) is 0 Å². The van der Waals surface area contributed by atoms with E-state index in [1.807, 2.05) is 48.6 Å². The van der Waals surface area contributed by atoms with E-state index < -0.39 is 18.2 Å². The summed E-state index contributed by atoms with van der Waals surface area (Å²) in [5.74, 6) is -0.542. The van der Waals surface area contributed by atoms with Crippen LogP contribution in [0.15, 0.2) is 60.8 Å². The van der Waals surface area contributed by atoms with Crippen molar-refractivity contribution in [2.24, 2.45) is 0 Å². The number of allylic oxidation sites excluding steroid dienone is 10. The lowest BCUT2D eigenvalue weighted by Gasteiger charge is -2.24. The Hall–Kier alpha value is -2.44. The van der Waals surface area contributed by atoms with Crippen LogP contribution < -0.4 is 5.32 Å². The van der Waals surface area contributed by atoms with Gasteiger partial charge in [-0.3, -0.25) is 9.59 Å². The van der Waals surface area contributed by atoms with Crippen LogP contribution in [0.2, 0.25) is 0 Å². The molecule has 0 fully saturated rings. The summed E-state index contributed by atoms with van der Waals surface area (Å²) >= 11 is 0. The number of carbonyl (C=O) groups excluding carboxylic acids is 2. The summed E-state index contributed by atoms with van der Waals surface area (Å²) in [4.78, 5) is 26.1. The summed E-state index contributed by atoms with van der Waals surface area (Å²) < 4.78 is 5.89. The smallest absolute Gasteiger partial charge is 0.306 e. The minimum atomic E-state index is -0.805. The molecule has 348 valence electrons. The summed E-state index contributed by atoms with van der Waals surface area (Å²) in [5, 5.41) is 23.7. The molecule has 0 heterocycles. The third-order valence-electron chi connectivity index (χ3n) is 11.5. The Morgan fingerprint density at radius 2 is 0.900 bits per heavy atom. The van der Waals surface area contributed by atoms with Crippen LogP contribution in [0.4, 0.5) is 0 Å². The molecule has 0 aromatic rings. The van der Waals surface area contributed by atoms with Crippen LogP contribution in [-0.2, 0) is 14.3 Å². The zero-order valence-electron chi connectivity index (χ0n) is 39.6. The van der Waals surface area contributed by atoms with Gasteiger partial charge < -0.3 is 20.3 Å². The zero-order chi connectivity index (χ0) is 43.8. The molecule has 0 spiro atoms. The number of unbranched alkanes of at least 4 members (excludes halogenated alkanes) is 27. The van der Waals surface area contributed by atoms with Gasteiger partial charge in [0.15, 0.2) is 0 Å². The second-order valence-electron chi connectivity index (χ2n) is 17.3. The average Bonchev–Trinajstić information content (AvgIpc) is 3.24. The van der Waals surface area contributed by atoms with Crippen LogP contribution >= 0.6 is 0 Å². The summed E-state index contributed by atoms with van der Waals surface area (Å²) in [6, 6.07) is -0.723. The number of rotatable bonds is 45. The van der Waals surface area contributed by atoms with E-state index in [0.717, 1.165) is 57.8 Å². The van der Waals surface area contributed by atoms with E-state index >= 15 is 0 Å². The Labute approximate surface area is 371 Å². The van der Waals surface area contributed by atoms with Crippen LogP contribution in [-0.4, -0.2) is 46.9 Å². The molecule has 60 heavy (non-hydrogen) atoms. The van der Waals surface area contributed by atoms with Crippen molar-refractivity contribution in [2.75, 3.05) is 6.61 Å². The van der Waals surface area contributed by atoms with Gasteiger partial charge in [-0.25, -0.2) is 0 Å². The van der Waals surface area contributed by atoms with Gasteiger partial charge in [-0.15, -0.1) is 0 Å². The van der Waals surface area contributed by atoms with E-state index in [0.29, 0.717) is 19.3 Å². The van der Waals surface area contributed by atoms with E-state index in [-0.39, 0.29) is 24.9 Å². The van der Waals surface area contributed by atoms with Crippen LogP contribution in [0.25, 0.3) is 0 Å². The van der Waals surface area contributed by atoms with Gasteiger partial charge in [-0.05, 0) is 38.5 Å². The largest absolute Gasteiger partial charge is 0.462 e. The van der Waals surface area contributed by atoms with Crippen molar-refractivity contribution in [1.29, 1.82) is 0 Å². The highest BCUT2D eigenvalue weighted by Crippen LogP contribution is 2.17. The molecule has 0 saturated heterocycles. The fourth-order valence-corrected chi connectivity index (χ4v) is 7.63. The van der Waals surface area contributed by atoms with Crippen molar-refractivity contribution in [3.63, 3.8) is 0 Å². The molecule has 0 aromatic carbocycles. The van der Waals surface area contributed by atoms with Crippen molar-refractivity contribution < 1.29 is 24.5 Å². The van der Waals surface area contributed by atoms with Crippen molar-refractivity contribution in [1.82, 2.24) is 5.32 Å². The number of nitrogens with one attached hydrogen (secondary N) is 1. The molecule has 0 aliphatic heterocycles. The highest BCUT2D eigenvalue weighted by molar-refractivity contribution is 5.77. The number of aliphatic hydroxyl groups excluding tert-OH is 2. The lowest BCUT2D eigenvalue weighted by Crippen LogP contribution is -2.46. The van der Waals surface area contributed by atoms with Gasteiger partial charge in [-0.1, -0.05) is 255 Å². The Morgan fingerprint density at radius 1 is 0.500 bits per heavy atom. The summed E-state index contributed by atoms with van der Waals surface area (Å²) in [7, 11) is 0. The average molecular weight is 840 g/mol. The molecule has 0 radical (unpaired) electrons. The Balaban J connectivity index is 4.60. The van der Waals surface area contributed by atoms with Crippen LogP contribution in [0, 0.1) is 0 Å². The van der Waals surface area contributed by atoms with Crippen molar-refractivity contribution >= 4 is 11.9 Å². The van der Waals surface area contributed by atoms with E-state index in [1.165, 1.54) is 141 Å². The minimum absolute atomic E-state index is 0.0295. The first kappa shape index (κ1) is 57.6. The molecule has 0 aliphatic carbocycles. The lowest BCUT2D eigenvalue weighted by molar-refractivity contribution is -0.151.